The molecule has 0 amide bonds. The Hall–Kier alpha value is -1.02. The third kappa shape index (κ3) is 2.94. The number of rotatable bonds is 6. The Bertz CT molecular complexity index is 407. The molecule has 1 saturated carbocycles. The van der Waals surface area contributed by atoms with Gasteiger partial charge < -0.3 is 10.1 Å². The fourth-order valence-corrected chi connectivity index (χ4v) is 3.21. The zero-order valence-corrected chi connectivity index (χ0v) is 12.7. The van der Waals surface area contributed by atoms with Gasteiger partial charge in [-0.25, -0.2) is 0 Å². The normalized spacial score (nSPS) is 26.3. The number of nitrogens with one attached hydrogen (secondary N) is 1. The first-order valence-electron chi connectivity index (χ1n) is 7.46. The highest BCUT2D eigenvalue weighted by atomic mass is 16.5. The van der Waals surface area contributed by atoms with Crippen LogP contribution in [0.4, 0.5) is 0 Å². The second-order valence-electron chi connectivity index (χ2n) is 6.20. The maximum atomic E-state index is 5.38. The molecule has 1 aliphatic rings. The van der Waals surface area contributed by atoms with E-state index in [0.717, 1.165) is 30.7 Å². The predicted octanol–water partition coefficient (Wildman–Crippen LogP) is 3.61. The van der Waals surface area contributed by atoms with Crippen LogP contribution in [0, 0.1) is 11.8 Å². The van der Waals surface area contributed by atoms with Crippen molar-refractivity contribution >= 4 is 0 Å². The summed E-state index contributed by atoms with van der Waals surface area (Å²) in [5.41, 5.74) is 1.75. The highest BCUT2D eigenvalue weighted by Crippen LogP contribution is 2.50. The van der Waals surface area contributed by atoms with Crippen LogP contribution in [0.15, 0.2) is 24.3 Å². The van der Waals surface area contributed by atoms with Gasteiger partial charge in [-0.1, -0.05) is 32.9 Å². The fourth-order valence-electron chi connectivity index (χ4n) is 3.21. The van der Waals surface area contributed by atoms with Gasteiger partial charge in [-0.2, -0.15) is 0 Å². The van der Waals surface area contributed by atoms with Gasteiger partial charge in [-0.3, -0.25) is 0 Å². The van der Waals surface area contributed by atoms with E-state index >= 15 is 0 Å². The SMILES string of the molecule is CCNCC1(c2cccc(OC)c2)CC(C(C)C)C1. The topological polar surface area (TPSA) is 21.3 Å². The van der Waals surface area contributed by atoms with Gasteiger partial charge in [0.25, 0.3) is 0 Å². The zero-order chi connectivity index (χ0) is 13.9. The number of ether oxygens (including phenoxy) is 1. The second-order valence-corrected chi connectivity index (χ2v) is 6.20. The summed E-state index contributed by atoms with van der Waals surface area (Å²) in [6.45, 7) is 8.98. The van der Waals surface area contributed by atoms with Crippen LogP contribution in [0.2, 0.25) is 0 Å². The lowest BCUT2D eigenvalue weighted by Crippen LogP contribution is -2.50. The van der Waals surface area contributed by atoms with E-state index in [1.807, 2.05) is 6.07 Å². The lowest BCUT2D eigenvalue weighted by Gasteiger charge is -2.50. The highest BCUT2D eigenvalue weighted by molar-refractivity contribution is 5.36. The average Bonchev–Trinajstić information content (AvgIpc) is 2.37. The first-order chi connectivity index (χ1) is 9.11. The molecule has 106 valence electrons. The summed E-state index contributed by atoms with van der Waals surface area (Å²) in [6, 6.07) is 8.62. The third-order valence-electron chi connectivity index (χ3n) is 4.64. The van der Waals surface area contributed by atoms with Gasteiger partial charge in [0.15, 0.2) is 0 Å². The Kier molecular flexibility index (Phi) is 4.51. The fraction of sp³-hybridized carbons (Fsp3) is 0.647. The smallest absolute Gasteiger partial charge is 0.119 e. The van der Waals surface area contributed by atoms with E-state index < -0.39 is 0 Å². The molecule has 0 aromatic heterocycles. The molecule has 1 aliphatic carbocycles. The van der Waals surface area contributed by atoms with Gasteiger partial charge in [0.05, 0.1) is 7.11 Å². The van der Waals surface area contributed by atoms with Crippen LogP contribution < -0.4 is 10.1 Å². The zero-order valence-electron chi connectivity index (χ0n) is 12.7. The molecule has 0 aliphatic heterocycles. The van der Waals surface area contributed by atoms with Gasteiger partial charge >= 0.3 is 0 Å². The maximum Gasteiger partial charge on any atom is 0.119 e. The van der Waals surface area contributed by atoms with Crippen molar-refractivity contribution in [3.8, 4) is 5.75 Å². The van der Waals surface area contributed by atoms with E-state index in [9.17, 15) is 0 Å². The molecule has 0 radical (unpaired) electrons. The number of likely N-dealkylation sites (N-methyl/N-ethyl adjacent to an activating group) is 1. The van der Waals surface area contributed by atoms with E-state index in [2.05, 4.69) is 44.3 Å². The quantitative estimate of drug-likeness (QED) is 0.844. The van der Waals surface area contributed by atoms with Gasteiger partial charge in [0, 0.05) is 12.0 Å². The lowest BCUT2D eigenvalue weighted by atomic mass is 9.56. The van der Waals surface area contributed by atoms with Crippen molar-refractivity contribution in [2.75, 3.05) is 20.2 Å². The molecule has 1 aromatic rings. The van der Waals surface area contributed by atoms with Gasteiger partial charge in [0.1, 0.15) is 5.75 Å². The molecule has 1 fully saturated rings. The molecule has 0 unspecified atom stereocenters. The molecular weight excluding hydrogens is 234 g/mol. The standard InChI is InChI=1S/C17H27NO/c1-5-18-12-17(10-14(11-17)13(2)3)15-7-6-8-16(9-15)19-4/h6-9,13-14,18H,5,10-12H2,1-4H3. The summed E-state index contributed by atoms with van der Waals surface area (Å²) in [5.74, 6) is 2.63. The molecule has 19 heavy (non-hydrogen) atoms. The van der Waals surface area contributed by atoms with Gasteiger partial charge in [-0.15, -0.1) is 0 Å². The van der Waals surface area contributed by atoms with Crippen molar-refractivity contribution < 1.29 is 4.74 Å². The minimum Gasteiger partial charge on any atom is -0.497 e. The van der Waals surface area contributed by atoms with Gasteiger partial charge in [0.2, 0.25) is 0 Å². The summed E-state index contributed by atoms with van der Waals surface area (Å²) in [5, 5.41) is 3.55. The van der Waals surface area contributed by atoms with Crippen LogP contribution in [0.5, 0.6) is 5.75 Å². The van der Waals surface area contributed by atoms with Crippen molar-refractivity contribution in [1.82, 2.24) is 5.32 Å². The van der Waals surface area contributed by atoms with E-state index in [1.54, 1.807) is 7.11 Å². The molecule has 2 rings (SSSR count). The van der Waals surface area contributed by atoms with Crippen molar-refractivity contribution in [2.24, 2.45) is 11.8 Å². The molecule has 2 heteroatoms. The molecule has 1 N–H and O–H groups in total. The van der Waals surface area contributed by atoms with Crippen LogP contribution in [0.3, 0.4) is 0 Å². The van der Waals surface area contributed by atoms with E-state index in [4.69, 9.17) is 4.74 Å². The van der Waals surface area contributed by atoms with Crippen molar-refractivity contribution in [3.63, 3.8) is 0 Å². The summed E-state index contributed by atoms with van der Waals surface area (Å²) in [4.78, 5) is 0. The number of hydrogen-bond donors (Lipinski definition) is 1. The summed E-state index contributed by atoms with van der Waals surface area (Å²) in [6.07, 6.45) is 2.59. The predicted molar refractivity (Wildman–Crippen MR) is 80.8 cm³/mol. The van der Waals surface area contributed by atoms with Crippen LogP contribution in [0.25, 0.3) is 0 Å². The summed E-state index contributed by atoms with van der Waals surface area (Å²) in [7, 11) is 1.74. The Morgan fingerprint density at radius 3 is 2.68 bits per heavy atom. The minimum absolute atomic E-state index is 0.319. The molecular formula is C17H27NO. The lowest BCUT2D eigenvalue weighted by molar-refractivity contribution is 0.0980. The largest absolute Gasteiger partial charge is 0.497 e. The van der Waals surface area contributed by atoms with E-state index in [1.165, 1.54) is 18.4 Å². The molecule has 0 atom stereocenters. The molecule has 0 heterocycles. The average molecular weight is 261 g/mol. The monoisotopic (exact) mass is 261 g/mol. The Morgan fingerprint density at radius 1 is 1.37 bits per heavy atom. The molecule has 1 aromatic carbocycles. The second kappa shape index (κ2) is 5.96. The summed E-state index contributed by atoms with van der Waals surface area (Å²) >= 11 is 0. The molecule has 0 spiro atoms. The Morgan fingerprint density at radius 2 is 2.11 bits per heavy atom. The third-order valence-corrected chi connectivity index (χ3v) is 4.64. The first-order valence-corrected chi connectivity index (χ1v) is 7.46. The Balaban J connectivity index is 2.18. The van der Waals surface area contributed by atoms with Crippen molar-refractivity contribution in [3.05, 3.63) is 29.8 Å². The number of methoxy groups -OCH3 is 1. The highest BCUT2D eigenvalue weighted by Gasteiger charge is 2.45. The molecule has 0 saturated heterocycles. The number of benzene rings is 1. The maximum absolute atomic E-state index is 5.38. The Labute approximate surface area is 117 Å². The van der Waals surface area contributed by atoms with Crippen molar-refractivity contribution in [2.45, 2.75) is 39.0 Å². The van der Waals surface area contributed by atoms with E-state index in [-0.39, 0.29) is 0 Å². The van der Waals surface area contributed by atoms with Crippen LogP contribution in [-0.4, -0.2) is 20.2 Å². The van der Waals surface area contributed by atoms with Gasteiger partial charge in [-0.05, 0) is 48.9 Å². The van der Waals surface area contributed by atoms with E-state index in [0.29, 0.717) is 5.41 Å². The first kappa shape index (κ1) is 14.4. The molecule has 0 bridgehead atoms. The van der Waals surface area contributed by atoms with Crippen LogP contribution in [0.1, 0.15) is 39.2 Å². The molecule has 2 nitrogen and oxygen atoms in total. The minimum atomic E-state index is 0.319. The van der Waals surface area contributed by atoms with Crippen LogP contribution >= 0.6 is 0 Å². The number of hydrogen-bond acceptors (Lipinski definition) is 2. The summed E-state index contributed by atoms with van der Waals surface area (Å²) < 4.78 is 5.38. The van der Waals surface area contributed by atoms with Crippen molar-refractivity contribution in [1.29, 1.82) is 0 Å². The van der Waals surface area contributed by atoms with Crippen LogP contribution in [-0.2, 0) is 5.41 Å².